The van der Waals surface area contributed by atoms with Gasteiger partial charge in [-0.15, -0.1) is 0 Å². The minimum absolute atomic E-state index is 0.197. The molecule has 0 aliphatic heterocycles. The Balaban J connectivity index is 3.32. The fourth-order valence-corrected chi connectivity index (χ4v) is 0.871. The third-order valence-corrected chi connectivity index (χ3v) is 1.52. The Morgan fingerprint density at radius 3 is 2.67 bits per heavy atom. The lowest BCUT2D eigenvalue weighted by Crippen LogP contribution is -1.98. The van der Waals surface area contributed by atoms with Gasteiger partial charge in [-0.05, 0) is 18.6 Å². The Bertz CT molecular complexity index is 321. The van der Waals surface area contributed by atoms with Crippen molar-refractivity contribution in [3.05, 3.63) is 34.9 Å². The molecular weight excluding hydrogens is 162 g/mol. The zero-order valence-electron chi connectivity index (χ0n) is 6.51. The van der Waals surface area contributed by atoms with Crippen LogP contribution in [0.4, 0.5) is 8.78 Å². The second-order valence-corrected chi connectivity index (χ2v) is 2.37. The number of rotatable bonds is 1. The number of nitrogens with zero attached hydrogens (tertiary/aromatic N) is 1. The fraction of sp³-hybridized carbons (Fsp3) is 0.125. The first kappa shape index (κ1) is 8.64. The fourth-order valence-electron chi connectivity index (χ4n) is 0.871. The van der Waals surface area contributed by atoms with Crippen LogP contribution in [0.2, 0.25) is 0 Å². The van der Waals surface area contributed by atoms with Crippen molar-refractivity contribution in [3.8, 4) is 0 Å². The van der Waals surface area contributed by atoms with Gasteiger partial charge in [0.05, 0.1) is 11.8 Å². The van der Waals surface area contributed by atoms with Gasteiger partial charge in [-0.3, -0.25) is 0 Å². The summed E-state index contributed by atoms with van der Waals surface area (Å²) in [6, 6.07) is 2.54. The SMILES string of the molecule is Cc1ccc(F)c(C=NN)c1F. The number of hydrazone groups is 1. The molecule has 0 atom stereocenters. The van der Waals surface area contributed by atoms with Crippen LogP contribution in [0.15, 0.2) is 17.2 Å². The highest BCUT2D eigenvalue weighted by Gasteiger charge is 2.08. The Hall–Kier alpha value is -1.45. The molecule has 0 aromatic heterocycles. The number of hydrogen-bond donors (Lipinski definition) is 1. The molecule has 0 fully saturated rings. The largest absolute Gasteiger partial charge is 0.323 e. The lowest BCUT2D eigenvalue weighted by Gasteiger charge is -2.00. The maximum absolute atomic E-state index is 13.1. The van der Waals surface area contributed by atoms with Gasteiger partial charge in [0, 0.05) is 0 Å². The molecular formula is C8H8F2N2. The minimum Gasteiger partial charge on any atom is -0.323 e. The molecule has 4 heteroatoms. The summed E-state index contributed by atoms with van der Waals surface area (Å²) in [5.74, 6) is 3.50. The standard InChI is InChI=1S/C8H8F2N2/c1-5-2-3-7(9)6(4-12-11)8(5)10/h2-4H,11H2,1H3. The average molecular weight is 170 g/mol. The first-order valence-electron chi connectivity index (χ1n) is 3.34. The van der Waals surface area contributed by atoms with E-state index in [-0.39, 0.29) is 5.56 Å². The molecule has 0 unspecified atom stereocenters. The maximum Gasteiger partial charge on any atom is 0.137 e. The molecule has 0 radical (unpaired) electrons. The van der Waals surface area contributed by atoms with Gasteiger partial charge in [-0.25, -0.2) is 8.78 Å². The number of nitrogens with two attached hydrogens (primary N) is 1. The topological polar surface area (TPSA) is 38.4 Å². The number of hydrogen-bond acceptors (Lipinski definition) is 2. The Labute approximate surface area is 68.7 Å². The molecule has 0 amide bonds. The van der Waals surface area contributed by atoms with Gasteiger partial charge in [-0.2, -0.15) is 5.10 Å². The van der Waals surface area contributed by atoms with E-state index in [1.54, 1.807) is 6.92 Å². The van der Waals surface area contributed by atoms with E-state index < -0.39 is 11.6 Å². The quantitative estimate of drug-likeness (QED) is 0.387. The van der Waals surface area contributed by atoms with Crippen LogP contribution in [0.3, 0.4) is 0 Å². The van der Waals surface area contributed by atoms with Gasteiger partial charge in [-0.1, -0.05) is 6.07 Å². The minimum atomic E-state index is -0.660. The van der Waals surface area contributed by atoms with E-state index in [9.17, 15) is 8.78 Å². The van der Waals surface area contributed by atoms with Crippen molar-refractivity contribution >= 4 is 6.21 Å². The highest BCUT2D eigenvalue weighted by Crippen LogP contribution is 2.13. The van der Waals surface area contributed by atoms with Crippen molar-refractivity contribution in [2.75, 3.05) is 0 Å². The zero-order chi connectivity index (χ0) is 9.14. The van der Waals surface area contributed by atoms with Gasteiger partial charge in [0.2, 0.25) is 0 Å². The molecule has 0 bridgehead atoms. The van der Waals surface area contributed by atoms with Crippen molar-refractivity contribution < 1.29 is 8.78 Å². The van der Waals surface area contributed by atoms with Crippen LogP contribution in [0.1, 0.15) is 11.1 Å². The molecule has 64 valence electrons. The molecule has 0 aliphatic carbocycles. The lowest BCUT2D eigenvalue weighted by molar-refractivity contribution is 0.574. The van der Waals surface area contributed by atoms with E-state index >= 15 is 0 Å². The number of halogens is 2. The molecule has 0 spiro atoms. The van der Waals surface area contributed by atoms with E-state index in [4.69, 9.17) is 5.84 Å². The zero-order valence-corrected chi connectivity index (χ0v) is 6.51. The predicted molar refractivity (Wildman–Crippen MR) is 42.9 cm³/mol. The van der Waals surface area contributed by atoms with Gasteiger partial charge in [0.1, 0.15) is 11.6 Å². The van der Waals surface area contributed by atoms with Crippen LogP contribution in [0.5, 0.6) is 0 Å². The lowest BCUT2D eigenvalue weighted by atomic mass is 10.1. The van der Waals surface area contributed by atoms with Crippen LogP contribution in [0.25, 0.3) is 0 Å². The summed E-state index contributed by atoms with van der Waals surface area (Å²) in [5, 5.41) is 3.06. The summed E-state index contributed by atoms with van der Waals surface area (Å²) in [6.07, 6.45) is 0.956. The third-order valence-electron chi connectivity index (χ3n) is 1.52. The summed E-state index contributed by atoms with van der Waals surface area (Å²) >= 11 is 0. The van der Waals surface area contributed by atoms with E-state index in [1.165, 1.54) is 12.1 Å². The average Bonchev–Trinajstić information content (AvgIpc) is 2.06. The van der Waals surface area contributed by atoms with Crippen LogP contribution >= 0.6 is 0 Å². The van der Waals surface area contributed by atoms with Crippen LogP contribution in [0, 0.1) is 18.6 Å². The Morgan fingerprint density at radius 2 is 2.08 bits per heavy atom. The summed E-state index contributed by atoms with van der Waals surface area (Å²) in [6.45, 7) is 1.54. The van der Waals surface area contributed by atoms with Crippen molar-refractivity contribution in [2.24, 2.45) is 10.9 Å². The van der Waals surface area contributed by atoms with Gasteiger partial charge >= 0.3 is 0 Å². The van der Waals surface area contributed by atoms with Crippen LogP contribution in [-0.4, -0.2) is 6.21 Å². The molecule has 0 saturated carbocycles. The van der Waals surface area contributed by atoms with E-state index in [1.807, 2.05) is 0 Å². The monoisotopic (exact) mass is 170 g/mol. The van der Waals surface area contributed by atoms with Crippen molar-refractivity contribution in [1.29, 1.82) is 0 Å². The molecule has 12 heavy (non-hydrogen) atoms. The molecule has 0 saturated heterocycles. The third kappa shape index (κ3) is 1.42. The smallest absolute Gasteiger partial charge is 0.137 e. The highest BCUT2D eigenvalue weighted by atomic mass is 19.1. The summed E-state index contributed by atoms with van der Waals surface area (Å²) < 4.78 is 25.9. The van der Waals surface area contributed by atoms with E-state index in [0.29, 0.717) is 5.56 Å². The van der Waals surface area contributed by atoms with E-state index in [2.05, 4.69) is 5.10 Å². The molecule has 1 rings (SSSR count). The number of aryl methyl sites for hydroxylation is 1. The summed E-state index contributed by atoms with van der Waals surface area (Å²) in [7, 11) is 0. The second kappa shape index (κ2) is 3.30. The Kier molecular flexibility index (Phi) is 2.38. The molecule has 2 N–H and O–H groups in total. The normalized spacial score (nSPS) is 10.9. The molecule has 0 aliphatic rings. The van der Waals surface area contributed by atoms with Crippen molar-refractivity contribution in [1.82, 2.24) is 0 Å². The summed E-state index contributed by atoms with van der Waals surface area (Å²) in [5.41, 5.74) is 0.170. The molecule has 1 aromatic rings. The molecule has 2 nitrogen and oxygen atoms in total. The van der Waals surface area contributed by atoms with Crippen LogP contribution in [-0.2, 0) is 0 Å². The van der Waals surface area contributed by atoms with Crippen LogP contribution < -0.4 is 5.84 Å². The molecule has 1 aromatic carbocycles. The highest BCUT2D eigenvalue weighted by molar-refractivity contribution is 5.80. The van der Waals surface area contributed by atoms with E-state index in [0.717, 1.165) is 6.21 Å². The molecule has 0 heterocycles. The second-order valence-electron chi connectivity index (χ2n) is 2.37. The first-order valence-corrected chi connectivity index (χ1v) is 3.34. The Morgan fingerprint density at radius 1 is 1.42 bits per heavy atom. The van der Waals surface area contributed by atoms with Crippen molar-refractivity contribution in [2.45, 2.75) is 6.92 Å². The summed E-state index contributed by atoms with van der Waals surface area (Å²) in [4.78, 5) is 0. The first-order chi connectivity index (χ1) is 5.66. The predicted octanol–water partition coefficient (Wildman–Crippen LogP) is 1.57. The van der Waals surface area contributed by atoms with Gasteiger partial charge in [0.15, 0.2) is 0 Å². The maximum atomic E-state index is 13.1. The van der Waals surface area contributed by atoms with Gasteiger partial charge < -0.3 is 5.84 Å². The number of benzene rings is 1. The van der Waals surface area contributed by atoms with Gasteiger partial charge in [0.25, 0.3) is 0 Å². The van der Waals surface area contributed by atoms with Crippen molar-refractivity contribution in [3.63, 3.8) is 0 Å².